The summed E-state index contributed by atoms with van der Waals surface area (Å²) < 4.78 is 2.79. The number of rotatable bonds is 5. The first-order valence-electron chi connectivity index (χ1n) is 12.2. The Balaban J connectivity index is 1.62. The number of fused-ring (bicyclic) bond motifs is 2. The van der Waals surface area contributed by atoms with E-state index in [0.29, 0.717) is 40.3 Å². The summed E-state index contributed by atoms with van der Waals surface area (Å²) in [5.41, 5.74) is 5.90. The molecule has 5 rings (SSSR count). The Morgan fingerprint density at radius 1 is 0.973 bits per heavy atom. The average molecular weight is 555 g/mol. The minimum absolute atomic E-state index is 0.0110. The number of amides is 1. The quantitative estimate of drug-likeness (QED) is 0.221. The van der Waals surface area contributed by atoms with Crippen LogP contribution in [0.1, 0.15) is 35.3 Å². The largest absolute Gasteiger partial charge is 0.493 e. The van der Waals surface area contributed by atoms with Crippen molar-refractivity contribution in [3.8, 4) is 17.1 Å². The number of carbonyl (C=O) groups is 1. The van der Waals surface area contributed by atoms with Crippen LogP contribution in [0.4, 0.5) is 5.69 Å². The highest BCUT2D eigenvalue weighted by atomic mass is 79.9. The molecule has 0 fully saturated rings. The Hall–Kier alpha value is -3.84. The molecule has 37 heavy (non-hydrogen) atoms. The summed E-state index contributed by atoms with van der Waals surface area (Å²) in [6.45, 7) is 8.76. The van der Waals surface area contributed by atoms with Crippen molar-refractivity contribution in [2.45, 2.75) is 34.2 Å². The molecule has 0 saturated carbocycles. The van der Waals surface area contributed by atoms with Gasteiger partial charge in [0.15, 0.2) is 5.69 Å². The zero-order chi connectivity index (χ0) is 26.3. The second kappa shape index (κ2) is 9.90. The third kappa shape index (κ3) is 4.91. The lowest BCUT2D eigenvalue weighted by molar-refractivity contribution is 0.0996. The molecule has 6 nitrogen and oxygen atoms in total. The van der Waals surface area contributed by atoms with Crippen molar-refractivity contribution in [2.75, 3.05) is 0 Å². The molecule has 3 aromatic carbocycles. The summed E-state index contributed by atoms with van der Waals surface area (Å²) in [6.07, 6.45) is 0. The number of benzene rings is 3. The van der Waals surface area contributed by atoms with Crippen LogP contribution in [-0.4, -0.2) is 20.6 Å². The first kappa shape index (κ1) is 24.8. The van der Waals surface area contributed by atoms with Gasteiger partial charge in [-0.2, -0.15) is 0 Å². The number of aryl methyl sites for hydroxylation is 2. The third-order valence-electron chi connectivity index (χ3n) is 6.29. The van der Waals surface area contributed by atoms with Gasteiger partial charge in [0.1, 0.15) is 0 Å². The Morgan fingerprint density at radius 2 is 1.65 bits per heavy atom. The molecule has 0 aliphatic heterocycles. The number of aromatic nitrogens is 2. The zero-order valence-corrected chi connectivity index (χ0v) is 22.7. The standard InChI is InChI=1S/C30H27BrN4O2/c1-17(2)16-35-27-12-6-19(4)14-24(27)28(30(35)37)33-34-29(36)23-15-26(20-7-9-21(31)10-8-20)32-25-11-5-18(3)13-22(23)25/h5-15,17,37H,16H2,1-4H3. The second-order valence-corrected chi connectivity index (χ2v) is 10.7. The molecule has 7 heteroatoms. The summed E-state index contributed by atoms with van der Waals surface area (Å²) in [6, 6.07) is 21.3. The number of hydrogen-bond donors (Lipinski definition) is 1. The summed E-state index contributed by atoms with van der Waals surface area (Å²) >= 11 is 3.46. The van der Waals surface area contributed by atoms with E-state index in [1.54, 1.807) is 6.07 Å². The molecule has 5 aromatic rings. The maximum Gasteiger partial charge on any atom is 0.296 e. The number of hydrogen-bond acceptors (Lipinski definition) is 4. The highest BCUT2D eigenvalue weighted by Crippen LogP contribution is 2.40. The van der Waals surface area contributed by atoms with Crippen LogP contribution in [0.5, 0.6) is 5.88 Å². The molecule has 0 spiro atoms. The van der Waals surface area contributed by atoms with Crippen LogP contribution < -0.4 is 0 Å². The van der Waals surface area contributed by atoms with Crippen LogP contribution in [0, 0.1) is 19.8 Å². The summed E-state index contributed by atoms with van der Waals surface area (Å²) in [7, 11) is 0. The fourth-order valence-electron chi connectivity index (χ4n) is 4.52. The molecule has 0 saturated heterocycles. The molecule has 0 radical (unpaired) electrons. The van der Waals surface area contributed by atoms with Crippen molar-refractivity contribution < 1.29 is 9.90 Å². The lowest BCUT2D eigenvalue weighted by Crippen LogP contribution is -2.03. The fraction of sp³-hybridized carbons (Fsp3) is 0.200. The number of nitrogens with zero attached hydrogens (tertiary/aromatic N) is 4. The minimum Gasteiger partial charge on any atom is -0.493 e. The van der Waals surface area contributed by atoms with E-state index in [1.165, 1.54) is 0 Å². The van der Waals surface area contributed by atoms with Gasteiger partial charge in [0.2, 0.25) is 5.88 Å². The third-order valence-corrected chi connectivity index (χ3v) is 6.82. The van der Waals surface area contributed by atoms with E-state index in [9.17, 15) is 9.90 Å². The van der Waals surface area contributed by atoms with Gasteiger partial charge in [-0.15, -0.1) is 10.2 Å². The first-order valence-corrected chi connectivity index (χ1v) is 13.0. The molecule has 0 atom stereocenters. The predicted molar refractivity (Wildman–Crippen MR) is 152 cm³/mol. The van der Waals surface area contributed by atoms with Crippen LogP contribution in [0.15, 0.2) is 81.4 Å². The number of pyridine rings is 1. The van der Waals surface area contributed by atoms with Gasteiger partial charge < -0.3 is 9.67 Å². The SMILES string of the molecule is Cc1ccc2nc(-c3ccc(Br)cc3)cc(C(=O)N=Nc3c(O)n(CC(C)C)c4ccc(C)cc34)c2c1. The van der Waals surface area contributed by atoms with E-state index >= 15 is 0 Å². The maximum absolute atomic E-state index is 13.5. The van der Waals surface area contributed by atoms with Gasteiger partial charge >= 0.3 is 0 Å². The van der Waals surface area contributed by atoms with Crippen LogP contribution in [0.25, 0.3) is 33.1 Å². The van der Waals surface area contributed by atoms with Gasteiger partial charge in [-0.1, -0.05) is 65.2 Å². The Kier molecular flexibility index (Phi) is 6.65. The Morgan fingerprint density at radius 3 is 2.35 bits per heavy atom. The summed E-state index contributed by atoms with van der Waals surface area (Å²) in [4.78, 5) is 18.3. The molecule has 0 aliphatic rings. The molecule has 0 unspecified atom stereocenters. The smallest absolute Gasteiger partial charge is 0.296 e. The normalized spacial score (nSPS) is 11.8. The second-order valence-electron chi connectivity index (χ2n) is 9.78. The molecule has 1 amide bonds. The highest BCUT2D eigenvalue weighted by Gasteiger charge is 2.19. The first-order chi connectivity index (χ1) is 17.7. The highest BCUT2D eigenvalue weighted by molar-refractivity contribution is 9.10. The fourth-order valence-corrected chi connectivity index (χ4v) is 4.78. The minimum atomic E-state index is -0.492. The van der Waals surface area contributed by atoms with Crippen molar-refractivity contribution in [1.29, 1.82) is 0 Å². The molecule has 1 N–H and O–H groups in total. The van der Waals surface area contributed by atoms with E-state index in [1.807, 2.05) is 79.1 Å². The number of carbonyl (C=O) groups excluding carboxylic acids is 1. The van der Waals surface area contributed by atoms with E-state index in [-0.39, 0.29) is 5.88 Å². The molecule has 0 bridgehead atoms. The van der Waals surface area contributed by atoms with Gasteiger partial charge in [0, 0.05) is 27.4 Å². The molecular formula is C30H27BrN4O2. The Bertz CT molecular complexity index is 1680. The van der Waals surface area contributed by atoms with Crippen LogP contribution in [-0.2, 0) is 6.54 Å². The Labute approximate surface area is 223 Å². The lowest BCUT2D eigenvalue weighted by atomic mass is 10.0. The zero-order valence-electron chi connectivity index (χ0n) is 21.2. The van der Waals surface area contributed by atoms with E-state index in [4.69, 9.17) is 4.98 Å². The molecule has 2 heterocycles. The van der Waals surface area contributed by atoms with Crippen LogP contribution >= 0.6 is 15.9 Å². The number of azo groups is 1. The van der Waals surface area contributed by atoms with E-state index in [2.05, 4.69) is 40.0 Å². The number of aromatic hydroxyl groups is 1. The molecule has 186 valence electrons. The van der Waals surface area contributed by atoms with Gasteiger partial charge in [-0.3, -0.25) is 4.79 Å². The van der Waals surface area contributed by atoms with Crippen molar-refractivity contribution in [3.63, 3.8) is 0 Å². The van der Waals surface area contributed by atoms with Crippen LogP contribution in [0.2, 0.25) is 0 Å². The van der Waals surface area contributed by atoms with Gasteiger partial charge in [0.25, 0.3) is 5.91 Å². The molecule has 2 aromatic heterocycles. The van der Waals surface area contributed by atoms with Crippen molar-refractivity contribution in [3.05, 3.63) is 87.9 Å². The summed E-state index contributed by atoms with van der Waals surface area (Å²) in [5.74, 6) is -0.164. The van der Waals surface area contributed by atoms with Gasteiger partial charge in [-0.05, 0) is 62.2 Å². The van der Waals surface area contributed by atoms with Crippen molar-refractivity contribution in [2.24, 2.45) is 16.1 Å². The molecular weight excluding hydrogens is 528 g/mol. The molecule has 0 aliphatic carbocycles. The lowest BCUT2D eigenvalue weighted by Gasteiger charge is -2.09. The maximum atomic E-state index is 13.5. The van der Waals surface area contributed by atoms with Gasteiger partial charge in [-0.25, -0.2) is 4.98 Å². The number of halogens is 1. The topological polar surface area (TPSA) is 79.8 Å². The van der Waals surface area contributed by atoms with E-state index in [0.717, 1.165) is 32.1 Å². The van der Waals surface area contributed by atoms with Crippen molar-refractivity contribution >= 4 is 49.3 Å². The van der Waals surface area contributed by atoms with Crippen LogP contribution in [0.3, 0.4) is 0 Å². The van der Waals surface area contributed by atoms with Crippen molar-refractivity contribution in [1.82, 2.24) is 9.55 Å². The summed E-state index contributed by atoms with van der Waals surface area (Å²) in [5, 5.41) is 20.9. The average Bonchev–Trinajstić information content (AvgIpc) is 3.11. The predicted octanol–water partition coefficient (Wildman–Crippen LogP) is 8.52. The monoisotopic (exact) mass is 554 g/mol. The van der Waals surface area contributed by atoms with E-state index < -0.39 is 5.91 Å². The van der Waals surface area contributed by atoms with Gasteiger partial charge in [0.05, 0.1) is 22.3 Å².